The largest absolute Gasteiger partial charge is 0.482 e. The first-order chi connectivity index (χ1) is 8.20. The molecule has 0 atom stereocenters. The van der Waals surface area contributed by atoms with Gasteiger partial charge in [0.1, 0.15) is 11.6 Å². The van der Waals surface area contributed by atoms with Crippen molar-refractivity contribution in [3.05, 3.63) is 45.1 Å². The lowest BCUT2D eigenvalue weighted by molar-refractivity contribution is 0.290. The van der Waals surface area contributed by atoms with Crippen molar-refractivity contribution in [2.24, 2.45) is 0 Å². The van der Waals surface area contributed by atoms with Crippen molar-refractivity contribution < 1.29 is 9.13 Å². The monoisotopic (exact) mass is 291 g/mol. The van der Waals surface area contributed by atoms with Crippen molar-refractivity contribution in [3.63, 3.8) is 0 Å². The summed E-state index contributed by atoms with van der Waals surface area (Å²) >= 11 is 12.9. The second-order valence-electron chi connectivity index (χ2n) is 3.21. The van der Waals surface area contributed by atoms with Gasteiger partial charge in [-0.2, -0.15) is 0 Å². The summed E-state index contributed by atoms with van der Waals surface area (Å²) in [4.78, 5) is 4.20. The molecule has 0 radical (unpaired) electrons. The number of aromatic nitrogens is 1. The fraction of sp³-hybridized carbons (Fsp3) is 0.182. The van der Waals surface area contributed by atoms with E-state index in [0.717, 1.165) is 10.7 Å². The van der Waals surface area contributed by atoms with Gasteiger partial charge in [-0.1, -0.05) is 17.7 Å². The highest BCUT2D eigenvalue weighted by Crippen LogP contribution is 2.28. The lowest BCUT2D eigenvalue weighted by Crippen LogP contribution is -1.98. The number of hydrogen-bond donors (Lipinski definition) is 0. The minimum Gasteiger partial charge on any atom is -0.482 e. The highest BCUT2D eigenvalue weighted by atomic mass is 35.5. The van der Waals surface area contributed by atoms with Gasteiger partial charge in [-0.05, 0) is 12.1 Å². The number of thiazole rings is 1. The van der Waals surface area contributed by atoms with Gasteiger partial charge in [0.05, 0.1) is 16.6 Å². The Kier molecular flexibility index (Phi) is 4.20. The third-order valence-corrected chi connectivity index (χ3v) is 3.44. The smallest absolute Gasteiger partial charge is 0.174 e. The van der Waals surface area contributed by atoms with Gasteiger partial charge in [0.2, 0.25) is 0 Å². The molecule has 2 aromatic rings. The maximum atomic E-state index is 13.4. The number of hydrogen-bond acceptors (Lipinski definition) is 3. The van der Waals surface area contributed by atoms with E-state index in [1.165, 1.54) is 23.5 Å². The molecule has 1 aromatic carbocycles. The number of halogens is 3. The molecule has 0 saturated heterocycles. The standard InChI is InChI=1S/C11H8Cl2FNOS/c12-4-7-6-17-10(15-7)5-16-11-8(13)2-1-3-9(11)14/h1-3,6H,4-5H2. The van der Waals surface area contributed by atoms with Crippen LogP contribution in [0.4, 0.5) is 4.39 Å². The van der Waals surface area contributed by atoms with Crippen molar-refractivity contribution in [2.75, 3.05) is 0 Å². The third-order valence-electron chi connectivity index (χ3n) is 2.00. The van der Waals surface area contributed by atoms with Gasteiger partial charge in [0.25, 0.3) is 0 Å². The molecule has 17 heavy (non-hydrogen) atoms. The maximum Gasteiger partial charge on any atom is 0.174 e. The molecular formula is C11H8Cl2FNOS. The lowest BCUT2D eigenvalue weighted by atomic mass is 10.3. The average Bonchev–Trinajstić information content (AvgIpc) is 2.76. The van der Waals surface area contributed by atoms with Gasteiger partial charge in [-0.3, -0.25) is 0 Å². The first-order valence-corrected chi connectivity index (χ1v) is 6.56. The second-order valence-corrected chi connectivity index (χ2v) is 4.82. The highest BCUT2D eigenvalue weighted by molar-refractivity contribution is 7.09. The summed E-state index contributed by atoms with van der Waals surface area (Å²) in [6.45, 7) is 0.183. The van der Waals surface area contributed by atoms with Gasteiger partial charge in [0.15, 0.2) is 11.6 Å². The van der Waals surface area contributed by atoms with E-state index < -0.39 is 5.82 Å². The van der Waals surface area contributed by atoms with Crippen LogP contribution < -0.4 is 4.74 Å². The molecule has 0 spiro atoms. The zero-order chi connectivity index (χ0) is 12.3. The number of rotatable bonds is 4. The predicted molar refractivity (Wildman–Crippen MR) is 67.4 cm³/mol. The van der Waals surface area contributed by atoms with E-state index in [-0.39, 0.29) is 17.4 Å². The van der Waals surface area contributed by atoms with Crippen LogP contribution in [-0.4, -0.2) is 4.98 Å². The minimum absolute atomic E-state index is 0.0526. The van der Waals surface area contributed by atoms with Crippen LogP contribution in [0, 0.1) is 5.82 Å². The van der Waals surface area contributed by atoms with E-state index in [2.05, 4.69) is 4.98 Å². The Balaban J connectivity index is 2.07. The zero-order valence-corrected chi connectivity index (χ0v) is 10.9. The van der Waals surface area contributed by atoms with Crippen LogP contribution in [0.3, 0.4) is 0 Å². The van der Waals surface area contributed by atoms with Gasteiger partial charge in [-0.15, -0.1) is 22.9 Å². The van der Waals surface area contributed by atoms with Crippen LogP contribution in [0.5, 0.6) is 5.75 Å². The molecule has 0 aliphatic heterocycles. The van der Waals surface area contributed by atoms with Gasteiger partial charge in [-0.25, -0.2) is 9.37 Å². The van der Waals surface area contributed by atoms with Crippen molar-refractivity contribution in [1.82, 2.24) is 4.98 Å². The summed E-state index contributed by atoms with van der Waals surface area (Å²) in [6.07, 6.45) is 0. The van der Waals surface area contributed by atoms with Crippen molar-refractivity contribution >= 4 is 34.5 Å². The summed E-state index contributed by atoms with van der Waals surface area (Å²) in [5.41, 5.74) is 0.787. The molecule has 0 N–H and O–H groups in total. The van der Waals surface area contributed by atoms with E-state index in [4.69, 9.17) is 27.9 Å². The van der Waals surface area contributed by atoms with Crippen LogP contribution in [0.15, 0.2) is 23.6 Å². The minimum atomic E-state index is -0.480. The Morgan fingerprint density at radius 3 is 2.88 bits per heavy atom. The van der Waals surface area contributed by atoms with Crippen LogP contribution >= 0.6 is 34.5 Å². The summed E-state index contributed by atoms with van der Waals surface area (Å²) in [5, 5.41) is 2.83. The van der Waals surface area contributed by atoms with E-state index in [1.807, 2.05) is 5.38 Å². The molecule has 1 heterocycles. The molecule has 0 aliphatic rings. The van der Waals surface area contributed by atoms with Gasteiger partial charge >= 0.3 is 0 Å². The molecular weight excluding hydrogens is 284 g/mol. The van der Waals surface area contributed by atoms with Crippen LogP contribution in [0.2, 0.25) is 5.02 Å². The molecule has 1 aromatic heterocycles. The third kappa shape index (κ3) is 3.09. The predicted octanol–water partition coefficient (Wildman–Crippen LogP) is 4.25. The van der Waals surface area contributed by atoms with Gasteiger partial charge < -0.3 is 4.74 Å². The fourth-order valence-corrected chi connectivity index (χ4v) is 2.38. The van der Waals surface area contributed by atoms with Crippen LogP contribution in [-0.2, 0) is 12.5 Å². The van der Waals surface area contributed by atoms with Crippen LogP contribution in [0.25, 0.3) is 0 Å². The molecule has 0 unspecified atom stereocenters. The SMILES string of the molecule is Fc1cccc(Cl)c1OCc1nc(CCl)cs1. The highest BCUT2D eigenvalue weighted by Gasteiger charge is 2.09. The van der Waals surface area contributed by atoms with Crippen molar-refractivity contribution in [3.8, 4) is 5.75 Å². The molecule has 0 saturated carbocycles. The van der Waals surface area contributed by atoms with E-state index in [0.29, 0.717) is 5.88 Å². The van der Waals surface area contributed by atoms with Crippen molar-refractivity contribution in [1.29, 1.82) is 0 Å². The summed E-state index contributed by atoms with van der Waals surface area (Å²) in [6, 6.07) is 4.40. The average molecular weight is 292 g/mol. The number of nitrogens with zero attached hydrogens (tertiary/aromatic N) is 1. The summed E-state index contributed by atoms with van der Waals surface area (Å²) < 4.78 is 18.7. The van der Waals surface area contributed by atoms with E-state index in [9.17, 15) is 4.39 Å². The normalized spacial score (nSPS) is 10.5. The number of ether oxygens (including phenoxy) is 1. The number of benzene rings is 1. The maximum absolute atomic E-state index is 13.4. The molecule has 0 amide bonds. The molecule has 0 aliphatic carbocycles. The first-order valence-electron chi connectivity index (χ1n) is 4.76. The number of alkyl halides is 1. The molecule has 90 valence electrons. The van der Waals surface area contributed by atoms with Crippen molar-refractivity contribution in [2.45, 2.75) is 12.5 Å². The molecule has 2 nitrogen and oxygen atoms in total. The molecule has 0 fully saturated rings. The Labute approximate surface area is 112 Å². The number of para-hydroxylation sites is 1. The van der Waals surface area contributed by atoms with E-state index >= 15 is 0 Å². The summed E-state index contributed by atoms with van der Waals surface area (Å²) in [7, 11) is 0. The quantitative estimate of drug-likeness (QED) is 0.786. The van der Waals surface area contributed by atoms with E-state index in [1.54, 1.807) is 6.07 Å². The second kappa shape index (κ2) is 5.67. The summed E-state index contributed by atoms with van der Waals surface area (Å²) in [5.74, 6) is -0.0693. The Morgan fingerprint density at radius 2 is 2.24 bits per heavy atom. The lowest BCUT2D eigenvalue weighted by Gasteiger charge is -2.06. The Bertz CT molecular complexity index is 498. The topological polar surface area (TPSA) is 22.1 Å². The Morgan fingerprint density at radius 1 is 1.41 bits per heavy atom. The molecule has 2 rings (SSSR count). The fourth-order valence-electron chi connectivity index (χ4n) is 1.23. The van der Waals surface area contributed by atoms with Crippen LogP contribution in [0.1, 0.15) is 10.7 Å². The van der Waals surface area contributed by atoms with Gasteiger partial charge in [0, 0.05) is 5.38 Å². The zero-order valence-electron chi connectivity index (χ0n) is 8.62. The first kappa shape index (κ1) is 12.6. The Hall–Kier alpha value is -0.840. The molecule has 6 heteroatoms. The molecule has 0 bridgehead atoms.